The van der Waals surface area contributed by atoms with Crippen LogP contribution in [0.5, 0.6) is 0 Å². The largest absolute Gasteiger partial charge is 0.299 e. The summed E-state index contributed by atoms with van der Waals surface area (Å²) in [7, 11) is 0. The maximum atomic E-state index is 2.76. The van der Waals surface area contributed by atoms with E-state index in [1.165, 1.54) is 75.6 Å². The van der Waals surface area contributed by atoms with Crippen LogP contribution in [0.2, 0.25) is 0 Å². The fourth-order valence-corrected chi connectivity index (χ4v) is 3.72. The van der Waals surface area contributed by atoms with E-state index in [0.717, 1.165) is 18.4 Å². The van der Waals surface area contributed by atoms with E-state index in [1.54, 1.807) is 0 Å². The molecule has 0 radical (unpaired) electrons. The van der Waals surface area contributed by atoms with Crippen molar-refractivity contribution in [3.8, 4) is 0 Å². The first kappa shape index (κ1) is 22.2. The third-order valence-corrected chi connectivity index (χ3v) is 5.65. The third kappa shape index (κ3) is 9.45. The molecule has 0 spiro atoms. The Kier molecular flexibility index (Phi) is 11.9. The number of benzene rings is 1. The summed E-state index contributed by atoms with van der Waals surface area (Å²) in [6, 6.07) is 9.16. The van der Waals surface area contributed by atoms with E-state index >= 15 is 0 Å². The van der Waals surface area contributed by atoms with E-state index in [0.29, 0.717) is 0 Å². The molecule has 0 aliphatic heterocycles. The molecule has 0 heterocycles. The minimum absolute atomic E-state index is 0.856. The fourth-order valence-electron chi connectivity index (χ4n) is 3.72. The van der Waals surface area contributed by atoms with Gasteiger partial charge in [-0.15, -0.1) is 0 Å². The van der Waals surface area contributed by atoms with Gasteiger partial charge < -0.3 is 0 Å². The van der Waals surface area contributed by atoms with Gasteiger partial charge in [0.15, 0.2) is 0 Å². The number of rotatable bonds is 14. The minimum atomic E-state index is 0.856. The van der Waals surface area contributed by atoms with Gasteiger partial charge in [0.05, 0.1) is 0 Å². The Balaban J connectivity index is 2.74. The first-order valence-electron chi connectivity index (χ1n) is 10.9. The van der Waals surface area contributed by atoms with Gasteiger partial charge in [-0.25, -0.2) is 0 Å². The first-order chi connectivity index (χ1) is 12.1. The molecule has 0 saturated carbocycles. The van der Waals surface area contributed by atoms with Crippen molar-refractivity contribution in [2.75, 3.05) is 13.1 Å². The van der Waals surface area contributed by atoms with Crippen LogP contribution < -0.4 is 0 Å². The van der Waals surface area contributed by atoms with Gasteiger partial charge >= 0.3 is 0 Å². The van der Waals surface area contributed by atoms with Crippen molar-refractivity contribution in [1.82, 2.24) is 4.90 Å². The molecule has 0 aromatic heterocycles. The van der Waals surface area contributed by atoms with Crippen molar-refractivity contribution in [2.24, 2.45) is 11.8 Å². The second-order valence-corrected chi connectivity index (χ2v) is 8.01. The van der Waals surface area contributed by atoms with Crippen molar-refractivity contribution in [1.29, 1.82) is 0 Å². The Morgan fingerprint density at radius 3 is 1.64 bits per heavy atom. The molecule has 0 fully saturated rings. The van der Waals surface area contributed by atoms with E-state index in [9.17, 15) is 0 Å². The standard InChI is InChI=1S/C24H43N/c1-6-10-12-22(8-3)18-25(19-23(9-4)13-11-7-2)20-24-16-14-21(5)15-17-24/h14-17,22-23H,6-13,18-20H2,1-5H3. The van der Waals surface area contributed by atoms with E-state index in [1.807, 2.05) is 0 Å². The molecule has 2 atom stereocenters. The van der Waals surface area contributed by atoms with Gasteiger partial charge in [0.2, 0.25) is 0 Å². The van der Waals surface area contributed by atoms with E-state index in [-0.39, 0.29) is 0 Å². The van der Waals surface area contributed by atoms with Crippen molar-refractivity contribution in [3.63, 3.8) is 0 Å². The monoisotopic (exact) mass is 345 g/mol. The zero-order valence-electron chi connectivity index (χ0n) is 17.7. The summed E-state index contributed by atoms with van der Waals surface area (Å²) in [5.41, 5.74) is 2.83. The molecule has 0 aliphatic rings. The number of aryl methyl sites for hydroxylation is 1. The molecule has 1 heteroatoms. The van der Waals surface area contributed by atoms with E-state index in [2.05, 4.69) is 63.8 Å². The van der Waals surface area contributed by atoms with Crippen molar-refractivity contribution < 1.29 is 0 Å². The maximum absolute atomic E-state index is 2.76. The molecule has 144 valence electrons. The predicted molar refractivity (Wildman–Crippen MR) is 113 cm³/mol. The number of hydrogen-bond donors (Lipinski definition) is 0. The van der Waals surface area contributed by atoms with Crippen LogP contribution in [-0.4, -0.2) is 18.0 Å². The Morgan fingerprint density at radius 2 is 1.24 bits per heavy atom. The van der Waals surface area contributed by atoms with Crippen molar-refractivity contribution in [3.05, 3.63) is 35.4 Å². The van der Waals surface area contributed by atoms with Gasteiger partial charge in [0.25, 0.3) is 0 Å². The summed E-state index contributed by atoms with van der Waals surface area (Å²) in [4.78, 5) is 2.76. The lowest BCUT2D eigenvalue weighted by Gasteiger charge is -2.30. The van der Waals surface area contributed by atoms with Gasteiger partial charge in [-0.1, -0.05) is 96.0 Å². The molecule has 1 aromatic carbocycles. The molecule has 0 saturated heterocycles. The average Bonchev–Trinajstić information content (AvgIpc) is 2.63. The molecule has 1 aromatic rings. The van der Waals surface area contributed by atoms with Gasteiger partial charge in [-0.2, -0.15) is 0 Å². The van der Waals surface area contributed by atoms with Gasteiger partial charge in [0.1, 0.15) is 0 Å². The fraction of sp³-hybridized carbons (Fsp3) is 0.750. The van der Waals surface area contributed by atoms with Crippen molar-refractivity contribution >= 4 is 0 Å². The van der Waals surface area contributed by atoms with Crippen LogP contribution >= 0.6 is 0 Å². The van der Waals surface area contributed by atoms with Crippen LogP contribution in [0.25, 0.3) is 0 Å². The SMILES string of the molecule is CCCCC(CC)CN(Cc1ccc(C)cc1)CC(CC)CCCC. The maximum Gasteiger partial charge on any atom is 0.0233 e. The second-order valence-electron chi connectivity index (χ2n) is 8.01. The summed E-state index contributed by atoms with van der Waals surface area (Å²) in [6.07, 6.45) is 10.8. The molecule has 0 N–H and O–H groups in total. The molecular weight excluding hydrogens is 302 g/mol. The summed E-state index contributed by atoms with van der Waals surface area (Å²) in [6.45, 7) is 15.2. The molecule has 1 nitrogen and oxygen atoms in total. The highest BCUT2D eigenvalue weighted by molar-refractivity contribution is 5.21. The lowest BCUT2D eigenvalue weighted by atomic mass is 9.95. The average molecular weight is 346 g/mol. The highest BCUT2D eigenvalue weighted by Crippen LogP contribution is 2.20. The molecular formula is C24H43N. The molecule has 1 rings (SSSR count). The third-order valence-electron chi connectivity index (χ3n) is 5.65. The quantitative estimate of drug-likeness (QED) is 0.344. The number of unbranched alkanes of at least 4 members (excludes halogenated alkanes) is 2. The second kappa shape index (κ2) is 13.4. The Labute approximate surface area is 158 Å². The lowest BCUT2D eigenvalue weighted by Crippen LogP contribution is -2.33. The number of hydrogen-bond acceptors (Lipinski definition) is 1. The Bertz CT molecular complexity index is 404. The first-order valence-corrected chi connectivity index (χ1v) is 10.9. The Hall–Kier alpha value is -0.820. The minimum Gasteiger partial charge on any atom is -0.299 e. The van der Waals surface area contributed by atoms with E-state index in [4.69, 9.17) is 0 Å². The molecule has 0 amide bonds. The zero-order valence-corrected chi connectivity index (χ0v) is 17.7. The highest BCUT2D eigenvalue weighted by Gasteiger charge is 2.17. The van der Waals surface area contributed by atoms with Gasteiger partial charge in [0, 0.05) is 19.6 Å². The lowest BCUT2D eigenvalue weighted by molar-refractivity contribution is 0.174. The summed E-state index contributed by atoms with van der Waals surface area (Å²) < 4.78 is 0. The summed E-state index contributed by atoms with van der Waals surface area (Å²) in [5.74, 6) is 1.71. The van der Waals surface area contributed by atoms with Gasteiger partial charge in [-0.05, 0) is 37.2 Å². The smallest absolute Gasteiger partial charge is 0.0233 e. The van der Waals surface area contributed by atoms with Crippen molar-refractivity contribution in [2.45, 2.75) is 92.5 Å². The summed E-state index contributed by atoms with van der Waals surface area (Å²) in [5, 5.41) is 0. The topological polar surface area (TPSA) is 3.24 Å². The van der Waals surface area contributed by atoms with Crippen LogP contribution in [0, 0.1) is 18.8 Å². The molecule has 2 unspecified atom stereocenters. The zero-order chi connectivity index (χ0) is 18.5. The van der Waals surface area contributed by atoms with E-state index < -0.39 is 0 Å². The van der Waals surface area contributed by atoms with Crippen LogP contribution in [0.3, 0.4) is 0 Å². The summed E-state index contributed by atoms with van der Waals surface area (Å²) >= 11 is 0. The predicted octanol–water partition coefficient (Wildman–Crippen LogP) is 7.23. The molecule has 0 aliphatic carbocycles. The van der Waals surface area contributed by atoms with Crippen LogP contribution in [0.15, 0.2) is 24.3 Å². The van der Waals surface area contributed by atoms with Gasteiger partial charge in [-0.3, -0.25) is 4.90 Å². The van der Waals surface area contributed by atoms with Crippen LogP contribution in [-0.2, 0) is 6.54 Å². The molecule has 0 bridgehead atoms. The highest BCUT2D eigenvalue weighted by atomic mass is 15.1. The molecule has 25 heavy (non-hydrogen) atoms. The van der Waals surface area contributed by atoms with Crippen LogP contribution in [0.4, 0.5) is 0 Å². The number of nitrogens with zero attached hydrogens (tertiary/aromatic N) is 1. The normalized spacial score (nSPS) is 14.0. The Morgan fingerprint density at radius 1 is 0.760 bits per heavy atom. The van der Waals surface area contributed by atoms with Crippen LogP contribution in [0.1, 0.15) is 90.2 Å².